The fourth-order valence-corrected chi connectivity index (χ4v) is 2.77. The Kier molecular flexibility index (Phi) is 6.69. The number of nitriles is 1. The van der Waals surface area contributed by atoms with Crippen LogP contribution < -0.4 is 4.74 Å². The number of furan rings is 2. The van der Waals surface area contributed by atoms with E-state index in [-0.39, 0.29) is 6.61 Å². The molecule has 0 bridgehead atoms. The van der Waals surface area contributed by atoms with Crippen molar-refractivity contribution < 1.29 is 18.7 Å². The average Bonchev–Trinajstić information content (AvgIpc) is 3.36. The predicted octanol–water partition coefficient (Wildman–Crippen LogP) is 3.38. The van der Waals surface area contributed by atoms with Gasteiger partial charge in [-0.2, -0.15) is 5.26 Å². The largest absolute Gasteiger partial charge is 0.491 e. The molecule has 0 aliphatic rings. The molecule has 0 saturated carbocycles. The minimum Gasteiger partial charge on any atom is -0.491 e. The molecule has 0 radical (unpaired) electrons. The molecule has 0 fully saturated rings. The third-order valence-electron chi connectivity index (χ3n) is 4.04. The summed E-state index contributed by atoms with van der Waals surface area (Å²) in [6.07, 6.45) is 2.97. The summed E-state index contributed by atoms with van der Waals surface area (Å²) in [6.45, 7) is 1.71. The molecule has 3 rings (SSSR count). The minimum absolute atomic E-state index is 0.171. The second-order valence-corrected chi connectivity index (χ2v) is 6.27. The van der Waals surface area contributed by atoms with Gasteiger partial charge in [0.05, 0.1) is 38.1 Å². The Morgan fingerprint density at radius 3 is 2.15 bits per heavy atom. The summed E-state index contributed by atoms with van der Waals surface area (Å²) in [5, 5.41) is 19.1. The average molecular weight is 366 g/mol. The van der Waals surface area contributed by atoms with Gasteiger partial charge in [0.25, 0.3) is 0 Å². The first kappa shape index (κ1) is 18.8. The van der Waals surface area contributed by atoms with Gasteiger partial charge in [0.15, 0.2) is 0 Å². The van der Waals surface area contributed by atoms with Crippen LogP contribution in [-0.2, 0) is 19.5 Å². The van der Waals surface area contributed by atoms with E-state index in [4.69, 9.17) is 18.8 Å². The van der Waals surface area contributed by atoms with Crippen molar-refractivity contribution in [1.82, 2.24) is 4.90 Å². The van der Waals surface area contributed by atoms with Crippen LogP contribution in [0.5, 0.6) is 5.75 Å². The van der Waals surface area contributed by atoms with Crippen molar-refractivity contribution in [3.63, 3.8) is 0 Å². The van der Waals surface area contributed by atoms with E-state index in [1.54, 1.807) is 12.5 Å². The summed E-state index contributed by atoms with van der Waals surface area (Å²) in [6, 6.07) is 16.9. The number of benzene rings is 1. The van der Waals surface area contributed by atoms with Gasteiger partial charge in [-0.25, -0.2) is 0 Å². The van der Waals surface area contributed by atoms with E-state index >= 15 is 0 Å². The molecule has 140 valence electrons. The highest BCUT2D eigenvalue weighted by Crippen LogP contribution is 2.14. The molecule has 1 N–H and O–H groups in total. The van der Waals surface area contributed by atoms with Gasteiger partial charge in [-0.1, -0.05) is 12.1 Å². The van der Waals surface area contributed by atoms with Gasteiger partial charge < -0.3 is 18.7 Å². The molecule has 0 spiro atoms. The van der Waals surface area contributed by atoms with E-state index in [2.05, 4.69) is 6.07 Å². The smallest absolute Gasteiger partial charge is 0.119 e. The molecule has 0 aliphatic carbocycles. The molecule has 6 nitrogen and oxygen atoms in total. The van der Waals surface area contributed by atoms with Crippen LogP contribution >= 0.6 is 0 Å². The highest BCUT2D eigenvalue weighted by molar-refractivity contribution is 5.28. The monoisotopic (exact) mass is 366 g/mol. The number of rotatable bonds is 10. The van der Waals surface area contributed by atoms with Crippen LogP contribution in [0.4, 0.5) is 0 Å². The predicted molar refractivity (Wildman–Crippen MR) is 98.8 cm³/mol. The number of hydrogen-bond acceptors (Lipinski definition) is 6. The molecular weight excluding hydrogens is 344 g/mol. The molecule has 0 aliphatic heterocycles. The normalized spacial score (nSPS) is 12.0. The fourth-order valence-electron chi connectivity index (χ4n) is 2.77. The van der Waals surface area contributed by atoms with Crippen molar-refractivity contribution >= 4 is 0 Å². The van der Waals surface area contributed by atoms with Gasteiger partial charge in [0, 0.05) is 6.54 Å². The van der Waals surface area contributed by atoms with Gasteiger partial charge in [-0.3, -0.25) is 4.90 Å². The molecule has 2 heterocycles. The molecule has 6 heteroatoms. The third-order valence-corrected chi connectivity index (χ3v) is 4.04. The van der Waals surface area contributed by atoms with Gasteiger partial charge in [0.2, 0.25) is 0 Å². The first-order valence-corrected chi connectivity index (χ1v) is 8.77. The van der Waals surface area contributed by atoms with Crippen molar-refractivity contribution in [3.05, 3.63) is 78.1 Å². The van der Waals surface area contributed by atoms with Gasteiger partial charge in [0.1, 0.15) is 30.0 Å². The molecule has 3 aromatic rings. The van der Waals surface area contributed by atoms with Gasteiger partial charge in [-0.15, -0.1) is 0 Å². The lowest BCUT2D eigenvalue weighted by Crippen LogP contribution is -2.34. The first-order chi connectivity index (χ1) is 13.2. The number of nitrogens with zero attached hydrogens (tertiary/aromatic N) is 2. The molecule has 27 heavy (non-hydrogen) atoms. The topological polar surface area (TPSA) is 82.8 Å². The van der Waals surface area contributed by atoms with Gasteiger partial charge >= 0.3 is 0 Å². The minimum atomic E-state index is -0.672. The van der Waals surface area contributed by atoms with Crippen LogP contribution in [0, 0.1) is 11.3 Å². The fraction of sp³-hybridized carbons (Fsp3) is 0.286. The first-order valence-electron chi connectivity index (χ1n) is 8.77. The van der Waals surface area contributed by atoms with Crippen LogP contribution in [0.25, 0.3) is 0 Å². The summed E-state index contributed by atoms with van der Waals surface area (Å²) in [4.78, 5) is 2.04. The Hall–Kier alpha value is -3.01. The zero-order chi connectivity index (χ0) is 18.9. The standard InChI is InChI=1S/C21H22N2O4/c22-10-9-17-5-7-19(8-6-17)27-16-18(24)13-23(14-20-3-1-11-25-20)15-21-4-2-12-26-21/h1-8,11-12,18,24H,9,13-16H2. The summed E-state index contributed by atoms with van der Waals surface area (Å²) < 4.78 is 16.5. The van der Waals surface area contributed by atoms with Gasteiger partial charge in [-0.05, 0) is 42.0 Å². The van der Waals surface area contributed by atoms with Crippen molar-refractivity contribution in [2.24, 2.45) is 0 Å². The second-order valence-electron chi connectivity index (χ2n) is 6.27. The molecule has 1 unspecified atom stereocenters. The number of hydrogen-bond donors (Lipinski definition) is 1. The third kappa shape index (κ3) is 6.03. The van der Waals surface area contributed by atoms with Crippen molar-refractivity contribution in [2.45, 2.75) is 25.6 Å². The Balaban J connectivity index is 1.53. The van der Waals surface area contributed by atoms with Crippen LogP contribution in [0.15, 0.2) is 69.9 Å². The molecule has 0 amide bonds. The van der Waals surface area contributed by atoms with E-state index in [9.17, 15) is 5.11 Å². The zero-order valence-electron chi connectivity index (χ0n) is 15.0. The van der Waals surface area contributed by atoms with E-state index < -0.39 is 6.10 Å². The molecule has 1 aromatic carbocycles. The highest BCUT2D eigenvalue weighted by Gasteiger charge is 2.16. The Labute approximate surface area is 158 Å². The van der Waals surface area contributed by atoms with Crippen molar-refractivity contribution in [3.8, 4) is 11.8 Å². The Bertz CT molecular complexity index is 784. The van der Waals surface area contributed by atoms with Crippen molar-refractivity contribution in [1.29, 1.82) is 5.26 Å². The number of aliphatic hydroxyl groups excluding tert-OH is 1. The van der Waals surface area contributed by atoms with E-state index in [1.807, 2.05) is 53.4 Å². The van der Waals surface area contributed by atoms with Crippen molar-refractivity contribution in [2.75, 3.05) is 13.2 Å². The summed E-state index contributed by atoms with van der Waals surface area (Å²) >= 11 is 0. The van der Waals surface area contributed by atoms with Crippen LogP contribution in [0.2, 0.25) is 0 Å². The lowest BCUT2D eigenvalue weighted by molar-refractivity contribution is 0.0580. The lowest BCUT2D eigenvalue weighted by atomic mass is 10.2. The molecule has 1 atom stereocenters. The van der Waals surface area contributed by atoms with E-state index in [1.165, 1.54) is 0 Å². The number of aliphatic hydroxyl groups is 1. The Morgan fingerprint density at radius 2 is 1.63 bits per heavy atom. The molecule has 2 aromatic heterocycles. The van der Waals surface area contributed by atoms with Crippen LogP contribution in [0.1, 0.15) is 17.1 Å². The maximum atomic E-state index is 10.4. The summed E-state index contributed by atoms with van der Waals surface area (Å²) in [7, 11) is 0. The summed E-state index contributed by atoms with van der Waals surface area (Å²) in [5.74, 6) is 2.31. The van der Waals surface area contributed by atoms with Crippen LogP contribution in [-0.4, -0.2) is 29.3 Å². The number of ether oxygens (including phenoxy) is 1. The zero-order valence-corrected chi connectivity index (χ0v) is 15.0. The molecular formula is C21H22N2O4. The quantitative estimate of drug-likeness (QED) is 0.592. The SMILES string of the molecule is N#CCc1ccc(OCC(O)CN(Cc2ccco2)Cc2ccco2)cc1. The second kappa shape index (κ2) is 9.62. The summed E-state index contributed by atoms with van der Waals surface area (Å²) in [5.41, 5.74) is 0.938. The van der Waals surface area contributed by atoms with E-state index in [0.717, 1.165) is 17.1 Å². The maximum absolute atomic E-state index is 10.4. The maximum Gasteiger partial charge on any atom is 0.119 e. The molecule has 0 saturated heterocycles. The Morgan fingerprint density at radius 1 is 1.00 bits per heavy atom. The lowest BCUT2D eigenvalue weighted by Gasteiger charge is -2.23. The highest BCUT2D eigenvalue weighted by atomic mass is 16.5. The van der Waals surface area contributed by atoms with Crippen LogP contribution in [0.3, 0.4) is 0 Å². The van der Waals surface area contributed by atoms with E-state index in [0.29, 0.717) is 31.8 Å².